The van der Waals surface area contributed by atoms with Gasteiger partial charge in [0.05, 0.1) is 6.61 Å². The van der Waals surface area contributed by atoms with E-state index in [1.165, 1.54) is 5.56 Å². The Morgan fingerprint density at radius 1 is 1.42 bits per heavy atom. The maximum Gasteiger partial charge on any atom is 0.213 e. The topological polar surface area (TPSA) is 22.1 Å². The number of pyridine rings is 1. The van der Waals surface area contributed by atoms with Gasteiger partial charge in [-0.1, -0.05) is 13.8 Å². The van der Waals surface area contributed by atoms with Crippen LogP contribution in [0.1, 0.15) is 26.3 Å². The van der Waals surface area contributed by atoms with E-state index in [4.69, 9.17) is 4.74 Å². The quantitative estimate of drug-likeness (QED) is 0.675. The number of nitrogens with zero attached hydrogens (tertiary/aromatic N) is 1. The molecule has 68 valence electrons. The van der Waals surface area contributed by atoms with Crippen molar-refractivity contribution < 1.29 is 4.74 Å². The summed E-state index contributed by atoms with van der Waals surface area (Å²) in [7, 11) is 0. The number of aryl methyl sites for hydroxylation is 1. The molecule has 1 rings (SSSR count). The Balaban J connectivity index is 0.000000561. The molecule has 0 N–H and O–H groups in total. The fourth-order valence-electron chi connectivity index (χ4n) is 0.735. The Morgan fingerprint density at radius 2 is 2.08 bits per heavy atom. The van der Waals surface area contributed by atoms with Gasteiger partial charge in [0.1, 0.15) is 0 Å². The fraction of sp³-hybridized carbons (Fsp3) is 0.500. The summed E-state index contributed by atoms with van der Waals surface area (Å²) >= 11 is 0. The van der Waals surface area contributed by atoms with E-state index in [1.54, 1.807) is 6.20 Å². The summed E-state index contributed by atoms with van der Waals surface area (Å²) in [6.07, 6.45) is 1.75. The standard InChI is InChI=1S/C8H11NO.C2H6/c1-3-10-8-6-7(2)4-5-9-8;1-2/h4-6H,3H2,1-2H3;1-2H3. The first-order valence-corrected chi connectivity index (χ1v) is 4.38. The van der Waals surface area contributed by atoms with Crippen LogP contribution in [0.15, 0.2) is 18.3 Å². The van der Waals surface area contributed by atoms with Crippen molar-refractivity contribution in [3.63, 3.8) is 0 Å². The average molecular weight is 167 g/mol. The largest absolute Gasteiger partial charge is 0.478 e. The van der Waals surface area contributed by atoms with Gasteiger partial charge in [0.25, 0.3) is 0 Å². The van der Waals surface area contributed by atoms with Crippen LogP contribution in [0.2, 0.25) is 0 Å². The molecule has 0 saturated heterocycles. The zero-order valence-electron chi connectivity index (χ0n) is 8.29. The Morgan fingerprint density at radius 3 is 2.58 bits per heavy atom. The highest BCUT2D eigenvalue weighted by Crippen LogP contribution is 2.06. The zero-order chi connectivity index (χ0) is 9.40. The van der Waals surface area contributed by atoms with E-state index in [0.29, 0.717) is 12.5 Å². The highest BCUT2D eigenvalue weighted by Gasteiger charge is 1.90. The second-order valence-corrected chi connectivity index (χ2v) is 2.10. The normalized spacial score (nSPS) is 8.33. The molecule has 0 aromatic carbocycles. The van der Waals surface area contributed by atoms with E-state index in [2.05, 4.69) is 4.98 Å². The maximum atomic E-state index is 5.18. The Kier molecular flexibility index (Phi) is 6.07. The van der Waals surface area contributed by atoms with Crippen molar-refractivity contribution in [2.75, 3.05) is 6.61 Å². The summed E-state index contributed by atoms with van der Waals surface area (Å²) in [5.74, 6) is 0.711. The maximum absolute atomic E-state index is 5.18. The molecular weight excluding hydrogens is 150 g/mol. The minimum Gasteiger partial charge on any atom is -0.478 e. The van der Waals surface area contributed by atoms with Gasteiger partial charge in [0.15, 0.2) is 0 Å². The van der Waals surface area contributed by atoms with E-state index < -0.39 is 0 Å². The predicted molar refractivity (Wildman–Crippen MR) is 51.5 cm³/mol. The van der Waals surface area contributed by atoms with Crippen LogP contribution in [-0.4, -0.2) is 11.6 Å². The minimum atomic E-state index is 0.677. The van der Waals surface area contributed by atoms with Crippen LogP contribution in [-0.2, 0) is 0 Å². The molecule has 1 heterocycles. The number of ether oxygens (including phenoxy) is 1. The monoisotopic (exact) mass is 167 g/mol. The average Bonchev–Trinajstić information content (AvgIpc) is 2.09. The SMILES string of the molecule is CC.CCOc1cc(C)ccn1. The third-order valence-electron chi connectivity index (χ3n) is 1.18. The molecule has 0 fully saturated rings. The summed E-state index contributed by atoms with van der Waals surface area (Å²) in [6, 6.07) is 3.87. The molecule has 0 aliphatic rings. The number of rotatable bonds is 2. The molecule has 1 aromatic heterocycles. The molecule has 0 atom stereocenters. The molecule has 0 aliphatic carbocycles. The van der Waals surface area contributed by atoms with Gasteiger partial charge >= 0.3 is 0 Å². The van der Waals surface area contributed by atoms with Crippen LogP contribution in [0.3, 0.4) is 0 Å². The minimum absolute atomic E-state index is 0.677. The molecule has 0 saturated carbocycles. The highest BCUT2D eigenvalue weighted by molar-refractivity contribution is 5.18. The van der Waals surface area contributed by atoms with Crippen molar-refractivity contribution in [3.05, 3.63) is 23.9 Å². The fourth-order valence-corrected chi connectivity index (χ4v) is 0.735. The first-order valence-electron chi connectivity index (χ1n) is 4.38. The van der Waals surface area contributed by atoms with Crippen LogP contribution in [0.4, 0.5) is 0 Å². The summed E-state index contributed by atoms with van der Waals surface area (Å²) in [5, 5.41) is 0. The lowest BCUT2D eigenvalue weighted by Gasteiger charge is -2.00. The lowest BCUT2D eigenvalue weighted by molar-refractivity contribution is 0.326. The summed E-state index contributed by atoms with van der Waals surface area (Å²) in [6.45, 7) is 8.64. The van der Waals surface area contributed by atoms with Crippen molar-refractivity contribution >= 4 is 0 Å². The lowest BCUT2D eigenvalue weighted by atomic mass is 10.3. The molecule has 1 aromatic rings. The molecular formula is C10H17NO. The zero-order valence-corrected chi connectivity index (χ0v) is 8.29. The number of hydrogen-bond acceptors (Lipinski definition) is 2. The van der Waals surface area contributed by atoms with Crippen molar-refractivity contribution in [3.8, 4) is 5.88 Å². The molecule has 0 spiro atoms. The molecule has 0 aliphatic heterocycles. The summed E-state index contributed by atoms with van der Waals surface area (Å²) < 4.78 is 5.18. The summed E-state index contributed by atoms with van der Waals surface area (Å²) in [5.41, 5.74) is 1.18. The molecule has 2 heteroatoms. The highest BCUT2D eigenvalue weighted by atomic mass is 16.5. The van der Waals surface area contributed by atoms with E-state index in [-0.39, 0.29) is 0 Å². The first-order chi connectivity index (χ1) is 5.83. The van der Waals surface area contributed by atoms with Gasteiger partial charge in [-0.2, -0.15) is 0 Å². The first kappa shape index (κ1) is 11.0. The molecule has 0 radical (unpaired) electrons. The van der Waals surface area contributed by atoms with Crippen molar-refractivity contribution in [2.45, 2.75) is 27.7 Å². The second-order valence-electron chi connectivity index (χ2n) is 2.10. The second kappa shape index (κ2) is 6.65. The molecule has 0 unspecified atom stereocenters. The Bertz CT molecular complexity index is 211. The van der Waals surface area contributed by atoms with E-state index in [1.807, 2.05) is 39.8 Å². The van der Waals surface area contributed by atoms with Gasteiger partial charge in [-0.15, -0.1) is 0 Å². The van der Waals surface area contributed by atoms with Crippen LogP contribution in [0.25, 0.3) is 0 Å². The van der Waals surface area contributed by atoms with Gasteiger partial charge in [-0.3, -0.25) is 0 Å². The van der Waals surface area contributed by atoms with Gasteiger partial charge in [0, 0.05) is 12.3 Å². The van der Waals surface area contributed by atoms with Crippen LogP contribution < -0.4 is 4.74 Å². The predicted octanol–water partition coefficient (Wildman–Crippen LogP) is 2.81. The van der Waals surface area contributed by atoms with Gasteiger partial charge < -0.3 is 4.74 Å². The molecule has 12 heavy (non-hydrogen) atoms. The van der Waals surface area contributed by atoms with E-state index in [9.17, 15) is 0 Å². The third-order valence-corrected chi connectivity index (χ3v) is 1.18. The van der Waals surface area contributed by atoms with E-state index >= 15 is 0 Å². The van der Waals surface area contributed by atoms with Gasteiger partial charge in [0.2, 0.25) is 5.88 Å². The van der Waals surface area contributed by atoms with Crippen LogP contribution in [0.5, 0.6) is 5.88 Å². The van der Waals surface area contributed by atoms with Crippen LogP contribution >= 0.6 is 0 Å². The van der Waals surface area contributed by atoms with Crippen LogP contribution in [0, 0.1) is 6.92 Å². The van der Waals surface area contributed by atoms with Crippen molar-refractivity contribution in [2.24, 2.45) is 0 Å². The van der Waals surface area contributed by atoms with Crippen molar-refractivity contribution in [1.82, 2.24) is 4.98 Å². The molecule has 0 amide bonds. The van der Waals surface area contributed by atoms with Gasteiger partial charge in [-0.05, 0) is 25.5 Å². The van der Waals surface area contributed by atoms with Gasteiger partial charge in [-0.25, -0.2) is 4.98 Å². The Hall–Kier alpha value is -1.05. The third kappa shape index (κ3) is 3.96. The summed E-state index contributed by atoms with van der Waals surface area (Å²) in [4.78, 5) is 4.01. The number of hydrogen-bond donors (Lipinski definition) is 0. The van der Waals surface area contributed by atoms with E-state index in [0.717, 1.165) is 0 Å². The molecule has 0 bridgehead atoms. The smallest absolute Gasteiger partial charge is 0.213 e. The number of aromatic nitrogens is 1. The lowest BCUT2D eigenvalue weighted by Crippen LogP contribution is -1.93. The molecule has 2 nitrogen and oxygen atoms in total. The Labute approximate surface area is 74.6 Å². The van der Waals surface area contributed by atoms with Crippen molar-refractivity contribution in [1.29, 1.82) is 0 Å².